The molecular weight excluding hydrogens is 506 g/mol. The summed E-state index contributed by atoms with van der Waals surface area (Å²) in [5.41, 5.74) is 2.26. The Morgan fingerprint density at radius 3 is 2.58 bits per heavy atom. The van der Waals surface area contributed by atoms with Gasteiger partial charge in [0.05, 0.1) is 11.4 Å². The molecule has 0 radical (unpaired) electrons. The van der Waals surface area contributed by atoms with Crippen LogP contribution < -0.4 is 21.1 Å². The number of anilines is 1. The first-order valence-corrected chi connectivity index (χ1v) is 12.1. The lowest BCUT2D eigenvalue weighted by atomic mass is 9.92. The molecule has 38 heavy (non-hydrogen) atoms. The zero-order valence-corrected chi connectivity index (χ0v) is 22.2. The highest BCUT2D eigenvalue weighted by molar-refractivity contribution is 6.30. The van der Waals surface area contributed by atoms with Crippen LogP contribution in [-0.2, 0) is 5.41 Å². The average molecular weight is 534 g/mol. The number of urea groups is 1. The van der Waals surface area contributed by atoms with Gasteiger partial charge in [0.25, 0.3) is 0 Å². The number of imidazole rings is 1. The first kappa shape index (κ1) is 26.5. The molecule has 196 valence electrons. The highest BCUT2D eigenvalue weighted by atomic mass is 35.5. The SMILES string of the molecule is C=C/C(=C\C=C(/C)Oc1ccnc2[nH]c(=O)[nH]c12)NC(=O)Nc1cc(C(C)(C)C)nn1-c1ccc(Cl)cc1. The van der Waals surface area contributed by atoms with Crippen molar-refractivity contribution in [1.29, 1.82) is 0 Å². The van der Waals surface area contributed by atoms with Crippen LogP contribution in [-0.4, -0.2) is 30.8 Å². The Bertz CT molecular complexity index is 1600. The molecule has 0 aliphatic heterocycles. The molecule has 3 aromatic heterocycles. The number of amides is 2. The Hall–Kier alpha value is -4.57. The molecule has 3 heterocycles. The fourth-order valence-corrected chi connectivity index (χ4v) is 3.59. The van der Waals surface area contributed by atoms with Gasteiger partial charge in [0, 0.05) is 34.5 Å². The number of rotatable bonds is 7. The summed E-state index contributed by atoms with van der Waals surface area (Å²) in [6.45, 7) is 11.7. The van der Waals surface area contributed by atoms with E-state index >= 15 is 0 Å². The molecule has 0 aliphatic carbocycles. The minimum Gasteiger partial charge on any atom is -0.460 e. The van der Waals surface area contributed by atoms with Crippen molar-refractivity contribution in [2.45, 2.75) is 33.1 Å². The number of allylic oxidation sites excluding steroid dienone is 4. The number of nitrogens with one attached hydrogen (secondary N) is 4. The number of fused-ring (bicyclic) bond motifs is 1. The second-order valence-corrected chi connectivity index (χ2v) is 9.89. The van der Waals surface area contributed by atoms with Crippen LogP contribution in [0.4, 0.5) is 10.6 Å². The van der Waals surface area contributed by atoms with Crippen LogP contribution in [0, 0.1) is 0 Å². The summed E-state index contributed by atoms with van der Waals surface area (Å²) in [4.78, 5) is 33.8. The van der Waals surface area contributed by atoms with Gasteiger partial charge in [0.15, 0.2) is 11.4 Å². The summed E-state index contributed by atoms with van der Waals surface area (Å²) >= 11 is 6.04. The quantitative estimate of drug-likeness (QED) is 0.182. The van der Waals surface area contributed by atoms with Crippen LogP contribution in [0.1, 0.15) is 33.4 Å². The lowest BCUT2D eigenvalue weighted by molar-refractivity contribution is 0.254. The third kappa shape index (κ3) is 6.22. The zero-order chi connectivity index (χ0) is 27.4. The van der Waals surface area contributed by atoms with E-state index in [2.05, 4.69) is 32.2 Å². The summed E-state index contributed by atoms with van der Waals surface area (Å²) in [5.74, 6) is 1.44. The minimum atomic E-state index is -0.473. The van der Waals surface area contributed by atoms with Gasteiger partial charge in [-0.2, -0.15) is 5.10 Å². The number of pyridine rings is 1. The van der Waals surface area contributed by atoms with Crippen LogP contribution in [0.15, 0.2) is 83.7 Å². The van der Waals surface area contributed by atoms with Gasteiger partial charge >= 0.3 is 11.7 Å². The standard InChI is InChI=1S/C27H28ClN7O3/c1-6-18(10-7-16(2)38-20-13-14-29-24-23(20)32-26(37)33-24)30-25(36)31-22-15-21(27(3,4)5)34-35(22)19-11-8-17(28)9-12-19/h6-15H,1H2,2-5H3,(H2,30,31,36)(H2,29,32,33,37)/b16-7+,18-10+. The summed E-state index contributed by atoms with van der Waals surface area (Å²) < 4.78 is 7.51. The smallest absolute Gasteiger partial charge is 0.325 e. The molecule has 0 saturated carbocycles. The molecule has 0 fully saturated rings. The van der Waals surface area contributed by atoms with Crippen LogP contribution in [0.5, 0.6) is 5.75 Å². The number of hydrogen-bond donors (Lipinski definition) is 4. The van der Waals surface area contributed by atoms with Crippen molar-refractivity contribution in [3.05, 3.63) is 100 Å². The van der Waals surface area contributed by atoms with E-state index in [1.165, 1.54) is 12.3 Å². The van der Waals surface area contributed by atoms with E-state index in [0.717, 1.165) is 11.4 Å². The van der Waals surface area contributed by atoms with Crippen molar-refractivity contribution < 1.29 is 9.53 Å². The lowest BCUT2D eigenvalue weighted by Gasteiger charge is -2.14. The molecule has 0 atom stereocenters. The van der Waals surface area contributed by atoms with Gasteiger partial charge in [-0.1, -0.05) is 39.0 Å². The van der Waals surface area contributed by atoms with E-state index < -0.39 is 6.03 Å². The molecule has 0 unspecified atom stereocenters. The lowest BCUT2D eigenvalue weighted by Crippen LogP contribution is -2.28. The number of aromatic amines is 2. The predicted octanol–water partition coefficient (Wildman–Crippen LogP) is 5.56. The van der Waals surface area contributed by atoms with Crippen LogP contribution in [0.25, 0.3) is 16.9 Å². The van der Waals surface area contributed by atoms with Gasteiger partial charge in [0.2, 0.25) is 0 Å². The molecule has 4 rings (SSSR count). The molecule has 0 bridgehead atoms. The molecule has 10 nitrogen and oxygen atoms in total. The monoisotopic (exact) mass is 533 g/mol. The number of nitrogens with zero attached hydrogens (tertiary/aromatic N) is 3. The topological polar surface area (TPSA) is 130 Å². The van der Waals surface area contributed by atoms with E-state index in [-0.39, 0.29) is 11.1 Å². The summed E-state index contributed by atoms with van der Waals surface area (Å²) in [6.07, 6.45) is 6.36. The maximum absolute atomic E-state index is 12.9. The number of ether oxygens (including phenoxy) is 1. The van der Waals surface area contributed by atoms with Gasteiger partial charge < -0.3 is 15.0 Å². The minimum absolute atomic E-state index is 0.229. The Morgan fingerprint density at radius 2 is 1.89 bits per heavy atom. The number of carbonyl (C=O) groups excluding carboxylic acids is 1. The summed E-state index contributed by atoms with van der Waals surface area (Å²) in [5, 5.41) is 10.9. The van der Waals surface area contributed by atoms with Crippen LogP contribution >= 0.6 is 11.6 Å². The number of aromatic nitrogens is 5. The van der Waals surface area contributed by atoms with E-state index in [4.69, 9.17) is 21.4 Å². The number of halogens is 1. The maximum atomic E-state index is 12.9. The van der Waals surface area contributed by atoms with Crippen molar-refractivity contribution in [3.63, 3.8) is 0 Å². The first-order valence-electron chi connectivity index (χ1n) is 11.7. The fraction of sp³-hybridized carbons (Fsp3) is 0.185. The fourth-order valence-electron chi connectivity index (χ4n) is 3.47. The first-order chi connectivity index (χ1) is 18.0. The molecular formula is C27H28ClN7O3. The number of benzene rings is 1. The summed E-state index contributed by atoms with van der Waals surface area (Å²) in [6, 6.07) is 10.2. The van der Waals surface area contributed by atoms with Crippen molar-refractivity contribution in [2.24, 2.45) is 0 Å². The zero-order valence-electron chi connectivity index (χ0n) is 21.4. The largest absolute Gasteiger partial charge is 0.460 e. The molecule has 0 spiro atoms. The Balaban J connectivity index is 1.50. The molecule has 2 amide bonds. The van der Waals surface area contributed by atoms with E-state index in [9.17, 15) is 9.59 Å². The average Bonchev–Trinajstić information content (AvgIpc) is 3.45. The van der Waals surface area contributed by atoms with Gasteiger partial charge in [-0.15, -0.1) is 0 Å². The maximum Gasteiger partial charge on any atom is 0.325 e. The number of hydrogen-bond acceptors (Lipinski definition) is 5. The molecule has 0 saturated heterocycles. The third-order valence-electron chi connectivity index (χ3n) is 5.42. The second-order valence-electron chi connectivity index (χ2n) is 9.45. The third-order valence-corrected chi connectivity index (χ3v) is 5.67. The van der Waals surface area contributed by atoms with E-state index in [1.54, 1.807) is 42.0 Å². The highest BCUT2D eigenvalue weighted by Gasteiger charge is 2.21. The van der Waals surface area contributed by atoms with Crippen molar-refractivity contribution in [1.82, 2.24) is 30.0 Å². The van der Waals surface area contributed by atoms with Crippen molar-refractivity contribution in [3.8, 4) is 11.4 Å². The second kappa shape index (κ2) is 10.8. The molecule has 4 N–H and O–H groups in total. The van der Waals surface area contributed by atoms with Gasteiger partial charge in [-0.05, 0) is 49.4 Å². The molecule has 1 aromatic carbocycles. The normalized spacial score (nSPS) is 12.4. The van der Waals surface area contributed by atoms with Crippen LogP contribution in [0.2, 0.25) is 5.02 Å². The number of carbonyl (C=O) groups is 1. The predicted molar refractivity (Wildman–Crippen MR) is 149 cm³/mol. The van der Waals surface area contributed by atoms with Crippen molar-refractivity contribution >= 4 is 34.6 Å². The molecule has 0 aliphatic rings. The molecule has 11 heteroatoms. The number of H-pyrrole nitrogens is 2. The molecule has 4 aromatic rings. The Morgan fingerprint density at radius 1 is 1.16 bits per heavy atom. The van der Waals surface area contributed by atoms with E-state index in [0.29, 0.717) is 39.2 Å². The van der Waals surface area contributed by atoms with Crippen LogP contribution in [0.3, 0.4) is 0 Å². The van der Waals surface area contributed by atoms with Gasteiger partial charge in [-0.3, -0.25) is 10.3 Å². The van der Waals surface area contributed by atoms with Gasteiger partial charge in [-0.25, -0.2) is 19.3 Å². The summed E-state index contributed by atoms with van der Waals surface area (Å²) in [7, 11) is 0. The Kier molecular flexibility index (Phi) is 7.54. The van der Waals surface area contributed by atoms with E-state index in [1.807, 2.05) is 39.0 Å². The van der Waals surface area contributed by atoms with Crippen molar-refractivity contribution in [2.75, 3.05) is 5.32 Å². The Labute approximate surface area is 224 Å². The van der Waals surface area contributed by atoms with Gasteiger partial charge in [0.1, 0.15) is 17.1 Å². The highest BCUT2D eigenvalue weighted by Crippen LogP contribution is 2.27.